The zero-order valence-corrected chi connectivity index (χ0v) is 15.7. The maximum absolute atomic E-state index is 5.98. The Bertz CT molecular complexity index is 889. The molecule has 3 heteroatoms. The summed E-state index contributed by atoms with van der Waals surface area (Å²) >= 11 is 0. The number of aryl methyl sites for hydroxylation is 1. The fourth-order valence-electron chi connectivity index (χ4n) is 3.71. The molecule has 3 nitrogen and oxygen atoms in total. The lowest BCUT2D eigenvalue weighted by Crippen LogP contribution is -2.24. The predicted octanol–water partition coefficient (Wildman–Crippen LogP) is 5.65. The van der Waals surface area contributed by atoms with E-state index in [1.54, 1.807) is 7.11 Å². The van der Waals surface area contributed by atoms with E-state index in [1.165, 1.54) is 36.0 Å². The van der Waals surface area contributed by atoms with E-state index in [0.717, 1.165) is 23.8 Å². The Labute approximate surface area is 161 Å². The first-order valence-electron chi connectivity index (χ1n) is 9.54. The van der Waals surface area contributed by atoms with E-state index in [9.17, 15) is 0 Å². The summed E-state index contributed by atoms with van der Waals surface area (Å²) in [6.07, 6.45) is 3.63. The van der Waals surface area contributed by atoms with Crippen LogP contribution in [0.2, 0.25) is 0 Å². The summed E-state index contributed by atoms with van der Waals surface area (Å²) in [5, 5.41) is 3.73. The van der Waals surface area contributed by atoms with E-state index < -0.39 is 0 Å². The van der Waals surface area contributed by atoms with Crippen molar-refractivity contribution in [3.63, 3.8) is 0 Å². The third-order valence-electron chi connectivity index (χ3n) is 5.12. The van der Waals surface area contributed by atoms with Crippen molar-refractivity contribution < 1.29 is 9.47 Å². The fraction of sp³-hybridized carbons (Fsp3) is 0.250. The van der Waals surface area contributed by atoms with Gasteiger partial charge in [0.1, 0.15) is 17.2 Å². The lowest BCUT2D eigenvalue weighted by Gasteiger charge is -2.26. The molecule has 3 aromatic rings. The topological polar surface area (TPSA) is 30.5 Å². The lowest BCUT2D eigenvalue weighted by molar-refractivity contribution is 0.413. The molecule has 138 valence electrons. The molecule has 0 unspecified atom stereocenters. The molecule has 0 fully saturated rings. The molecule has 1 aliphatic carbocycles. The number of ether oxygens (including phenoxy) is 2. The van der Waals surface area contributed by atoms with Crippen molar-refractivity contribution in [2.24, 2.45) is 0 Å². The molecule has 0 aliphatic heterocycles. The number of hydrogen-bond acceptors (Lipinski definition) is 3. The van der Waals surface area contributed by atoms with Crippen LogP contribution in [0.1, 0.15) is 35.6 Å². The summed E-state index contributed by atoms with van der Waals surface area (Å²) in [4.78, 5) is 0. The van der Waals surface area contributed by atoms with Crippen molar-refractivity contribution in [3.05, 3.63) is 89.5 Å². The molecule has 0 bridgehead atoms. The number of fused-ring (bicyclic) bond motifs is 1. The molecule has 0 saturated carbocycles. The molecule has 3 aromatic carbocycles. The molecule has 0 radical (unpaired) electrons. The van der Waals surface area contributed by atoms with E-state index in [2.05, 4.69) is 41.7 Å². The highest BCUT2D eigenvalue weighted by Crippen LogP contribution is 2.30. The number of rotatable bonds is 6. The van der Waals surface area contributed by atoms with Crippen LogP contribution in [0.3, 0.4) is 0 Å². The second-order valence-corrected chi connectivity index (χ2v) is 6.95. The Balaban J connectivity index is 1.41. The largest absolute Gasteiger partial charge is 0.497 e. The average Bonchev–Trinajstić information content (AvgIpc) is 2.73. The molecule has 0 amide bonds. The van der Waals surface area contributed by atoms with Gasteiger partial charge in [0.05, 0.1) is 7.11 Å². The number of benzene rings is 3. The Morgan fingerprint density at radius 1 is 0.889 bits per heavy atom. The highest BCUT2D eigenvalue weighted by molar-refractivity contribution is 5.37. The van der Waals surface area contributed by atoms with Gasteiger partial charge in [-0.25, -0.2) is 0 Å². The molecule has 1 N–H and O–H groups in total. The summed E-state index contributed by atoms with van der Waals surface area (Å²) in [6, 6.07) is 25.2. The minimum atomic E-state index is 0.432. The van der Waals surface area contributed by atoms with Crippen LogP contribution in [-0.4, -0.2) is 7.11 Å². The summed E-state index contributed by atoms with van der Waals surface area (Å²) in [6.45, 7) is 0.832. The zero-order valence-electron chi connectivity index (χ0n) is 15.7. The highest BCUT2D eigenvalue weighted by Gasteiger charge is 2.18. The lowest BCUT2D eigenvalue weighted by atomic mass is 9.87. The molecule has 0 spiro atoms. The zero-order chi connectivity index (χ0) is 18.5. The first kappa shape index (κ1) is 17.6. The standard InChI is InChI=1S/C24H25NO2/c1-26-20-12-14-21(15-13-20)27-22-9-4-6-18(16-22)17-25-24-11-5-8-19-7-2-3-10-23(19)24/h2-4,6-7,9-10,12-16,24-25H,5,8,11,17H2,1H3/t24-/m0/s1. The van der Waals surface area contributed by atoms with Gasteiger partial charge in [0.2, 0.25) is 0 Å². The molecule has 1 atom stereocenters. The minimum Gasteiger partial charge on any atom is -0.497 e. The Kier molecular flexibility index (Phi) is 5.40. The van der Waals surface area contributed by atoms with Gasteiger partial charge in [-0.1, -0.05) is 36.4 Å². The van der Waals surface area contributed by atoms with Crippen molar-refractivity contribution in [3.8, 4) is 17.2 Å². The maximum Gasteiger partial charge on any atom is 0.127 e. The van der Waals surface area contributed by atoms with Gasteiger partial charge in [-0.3, -0.25) is 0 Å². The highest BCUT2D eigenvalue weighted by atomic mass is 16.5. The first-order chi connectivity index (χ1) is 13.3. The summed E-state index contributed by atoms with van der Waals surface area (Å²) < 4.78 is 11.2. The van der Waals surface area contributed by atoms with Gasteiger partial charge in [0.15, 0.2) is 0 Å². The molecule has 4 rings (SSSR count). The van der Waals surface area contributed by atoms with Crippen LogP contribution in [0, 0.1) is 0 Å². The number of nitrogens with one attached hydrogen (secondary N) is 1. The van der Waals surface area contributed by atoms with Gasteiger partial charge in [0.25, 0.3) is 0 Å². The van der Waals surface area contributed by atoms with E-state index in [0.29, 0.717) is 6.04 Å². The molecular weight excluding hydrogens is 334 g/mol. The second kappa shape index (κ2) is 8.28. The quantitative estimate of drug-likeness (QED) is 0.616. The maximum atomic E-state index is 5.98. The minimum absolute atomic E-state index is 0.432. The Morgan fingerprint density at radius 3 is 2.56 bits per heavy atom. The van der Waals surface area contributed by atoms with Crippen molar-refractivity contribution in [2.75, 3.05) is 7.11 Å². The SMILES string of the molecule is COc1ccc(Oc2cccc(CN[C@H]3CCCc4ccccc43)c2)cc1. The third kappa shape index (κ3) is 4.32. The van der Waals surface area contributed by atoms with Gasteiger partial charge < -0.3 is 14.8 Å². The van der Waals surface area contributed by atoms with Gasteiger partial charge >= 0.3 is 0 Å². The molecule has 0 saturated heterocycles. The first-order valence-corrected chi connectivity index (χ1v) is 9.54. The molecule has 0 aromatic heterocycles. The predicted molar refractivity (Wildman–Crippen MR) is 108 cm³/mol. The van der Waals surface area contributed by atoms with Gasteiger partial charge in [-0.15, -0.1) is 0 Å². The van der Waals surface area contributed by atoms with Gasteiger partial charge in [0, 0.05) is 12.6 Å². The molecule has 27 heavy (non-hydrogen) atoms. The van der Waals surface area contributed by atoms with E-state index in [4.69, 9.17) is 9.47 Å². The fourth-order valence-corrected chi connectivity index (χ4v) is 3.71. The molecule has 0 heterocycles. The van der Waals surface area contributed by atoms with Crippen LogP contribution in [0.25, 0.3) is 0 Å². The molecular formula is C24H25NO2. The Morgan fingerprint density at radius 2 is 1.70 bits per heavy atom. The van der Waals surface area contributed by atoms with Crippen LogP contribution >= 0.6 is 0 Å². The average molecular weight is 359 g/mol. The normalized spacial score (nSPS) is 15.8. The van der Waals surface area contributed by atoms with Crippen LogP contribution in [0.15, 0.2) is 72.8 Å². The van der Waals surface area contributed by atoms with Gasteiger partial charge in [-0.2, -0.15) is 0 Å². The second-order valence-electron chi connectivity index (χ2n) is 6.95. The monoisotopic (exact) mass is 359 g/mol. The van der Waals surface area contributed by atoms with E-state index in [1.807, 2.05) is 36.4 Å². The van der Waals surface area contributed by atoms with Crippen molar-refractivity contribution in [1.82, 2.24) is 5.32 Å². The van der Waals surface area contributed by atoms with E-state index in [-0.39, 0.29) is 0 Å². The van der Waals surface area contributed by atoms with Crippen LogP contribution in [0.4, 0.5) is 0 Å². The van der Waals surface area contributed by atoms with Crippen LogP contribution in [0.5, 0.6) is 17.2 Å². The van der Waals surface area contributed by atoms with Crippen molar-refractivity contribution in [1.29, 1.82) is 0 Å². The summed E-state index contributed by atoms with van der Waals surface area (Å²) in [5.74, 6) is 2.48. The molecule has 1 aliphatic rings. The smallest absolute Gasteiger partial charge is 0.127 e. The number of hydrogen-bond donors (Lipinski definition) is 1. The third-order valence-corrected chi connectivity index (χ3v) is 5.12. The summed E-state index contributed by atoms with van der Waals surface area (Å²) in [7, 11) is 1.66. The van der Waals surface area contributed by atoms with Crippen LogP contribution in [-0.2, 0) is 13.0 Å². The van der Waals surface area contributed by atoms with Gasteiger partial charge in [-0.05, 0) is 72.4 Å². The van der Waals surface area contributed by atoms with Crippen LogP contribution < -0.4 is 14.8 Å². The Hall–Kier alpha value is -2.78. The summed E-state index contributed by atoms with van der Waals surface area (Å²) in [5.41, 5.74) is 4.16. The number of methoxy groups -OCH3 is 1. The van der Waals surface area contributed by atoms with Crippen molar-refractivity contribution in [2.45, 2.75) is 31.8 Å². The van der Waals surface area contributed by atoms with Crippen molar-refractivity contribution >= 4 is 0 Å². The van der Waals surface area contributed by atoms with E-state index >= 15 is 0 Å².